The predicted octanol–water partition coefficient (Wildman–Crippen LogP) is 3.28. The van der Waals surface area contributed by atoms with E-state index in [1.165, 1.54) is 24.1 Å². The van der Waals surface area contributed by atoms with Crippen molar-refractivity contribution in [2.45, 2.75) is 64.0 Å². The highest BCUT2D eigenvalue weighted by Gasteiger charge is 2.49. The van der Waals surface area contributed by atoms with Gasteiger partial charge in [-0.15, -0.1) is 0 Å². The number of rotatable bonds is 7. The number of H-pyrrole nitrogens is 1. The highest BCUT2D eigenvalue weighted by atomic mass is 19.1. The first-order valence-electron chi connectivity index (χ1n) is 11.6. The molecule has 3 rings (SSSR count). The van der Waals surface area contributed by atoms with Gasteiger partial charge in [-0.05, 0) is 70.1 Å². The van der Waals surface area contributed by atoms with Crippen LogP contribution in [0, 0.1) is 11.7 Å². The number of Topliss-reactive ketones (excluding diaryl/α,β-unsaturated/α-hetero) is 1. The Morgan fingerprint density at radius 1 is 1.29 bits per heavy atom. The molecule has 0 bridgehead atoms. The van der Waals surface area contributed by atoms with Gasteiger partial charge in [-0.3, -0.25) is 14.5 Å². The molecule has 0 saturated heterocycles. The fourth-order valence-electron chi connectivity index (χ4n) is 4.37. The van der Waals surface area contributed by atoms with E-state index in [-0.39, 0.29) is 37.6 Å². The van der Waals surface area contributed by atoms with Crippen molar-refractivity contribution < 1.29 is 28.9 Å². The van der Waals surface area contributed by atoms with Crippen molar-refractivity contribution in [2.75, 3.05) is 13.7 Å². The quantitative estimate of drug-likeness (QED) is 0.508. The summed E-state index contributed by atoms with van der Waals surface area (Å²) in [5.41, 5.74) is -2.49. The zero-order valence-corrected chi connectivity index (χ0v) is 20.4. The van der Waals surface area contributed by atoms with Crippen molar-refractivity contribution in [2.24, 2.45) is 5.92 Å². The average molecular weight is 490 g/mol. The van der Waals surface area contributed by atoms with E-state index < -0.39 is 45.8 Å². The fourth-order valence-corrected chi connectivity index (χ4v) is 4.37. The topological polar surface area (TPSA) is 133 Å². The summed E-state index contributed by atoms with van der Waals surface area (Å²) in [6, 6.07) is 5.68. The molecule has 3 N–H and O–H groups in total. The molecule has 9 nitrogen and oxygen atoms in total. The zero-order chi connectivity index (χ0) is 26.0. The maximum absolute atomic E-state index is 13.1. The molecule has 1 aromatic carbocycles. The third kappa shape index (κ3) is 5.87. The molecular formula is C25H32FN3O6. The van der Waals surface area contributed by atoms with Crippen molar-refractivity contribution in [3.63, 3.8) is 0 Å². The number of amides is 1. The molecule has 1 amide bonds. The number of carbonyl (C=O) groups excluding carboxylic acids is 2. The fraction of sp³-hybridized carbons (Fsp3) is 0.520. The van der Waals surface area contributed by atoms with Gasteiger partial charge >= 0.3 is 6.09 Å². The number of ether oxygens (including phenoxy) is 1. The van der Waals surface area contributed by atoms with Crippen molar-refractivity contribution in [3.8, 4) is 5.75 Å². The van der Waals surface area contributed by atoms with Crippen LogP contribution in [0.3, 0.4) is 0 Å². The molecule has 1 saturated carbocycles. The molecule has 0 spiro atoms. The summed E-state index contributed by atoms with van der Waals surface area (Å²) in [5, 5.41) is 20.1. The first-order chi connectivity index (χ1) is 16.4. The standard InChI is InChI=1S/C25H32FN3O6/c1-24(2,3)35-23(34)29(4)25(12-11-16(13-25)14-30)22-27-19(20(32)21(33)28-22)18(31)10-7-15-5-8-17(26)9-6-15/h5-6,8-9,16,30,32H,7,10-14H2,1-4H3,(H,27,28,33). The van der Waals surface area contributed by atoms with Crippen LogP contribution >= 0.6 is 0 Å². The molecular weight excluding hydrogens is 457 g/mol. The molecule has 1 aromatic heterocycles. The second-order valence-corrected chi connectivity index (χ2v) is 10.0. The Balaban J connectivity index is 1.97. The van der Waals surface area contributed by atoms with Crippen LogP contribution in [0.25, 0.3) is 0 Å². The van der Waals surface area contributed by atoms with E-state index >= 15 is 0 Å². The third-order valence-electron chi connectivity index (χ3n) is 6.31. The van der Waals surface area contributed by atoms with Crippen molar-refractivity contribution in [1.82, 2.24) is 14.9 Å². The molecule has 1 aliphatic carbocycles. The summed E-state index contributed by atoms with van der Waals surface area (Å²) in [7, 11) is 1.52. The van der Waals surface area contributed by atoms with E-state index in [2.05, 4.69) is 9.97 Å². The van der Waals surface area contributed by atoms with Crippen LogP contribution in [-0.2, 0) is 16.7 Å². The Morgan fingerprint density at radius 3 is 2.51 bits per heavy atom. The predicted molar refractivity (Wildman–Crippen MR) is 126 cm³/mol. The normalized spacial score (nSPS) is 20.0. The van der Waals surface area contributed by atoms with Gasteiger partial charge < -0.3 is 19.9 Å². The molecule has 0 radical (unpaired) electrons. The van der Waals surface area contributed by atoms with Gasteiger partial charge in [0.15, 0.2) is 11.5 Å². The number of carbonyl (C=O) groups is 2. The number of aliphatic hydroxyl groups is 1. The first-order valence-corrected chi connectivity index (χ1v) is 11.6. The Labute approximate surface area is 203 Å². The number of benzene rings is 1. The Kier molecular flexibility index (Phi) is 7.64. The zero-order valence-electron chi connectivity index (χ0n) is 20.4. The van der Waals surface area contributed by atoms with Gasteiger partial charge in [0.1, 0.15) is 22.8 Å². The van der Waals surface area contributed by atoms with Crippen LogP contribution < -0.4 is 5.56 Å². The lowest BCUT2D eigenvalue weighted by atomic mass is 9.92. The number of hydrogen-bond donors (Lipinski definition) is 3. The minimum absolute atomic E-state index is 0.0507. The summed E-state index contributed by atoms with van der Waals surface area (Å²) < 4.78 is 18.7. The summed E-state index contributed by atoms with van der Waals surface area (Å²) in [4.78, 5) is 46.7. The largest absolute Gasteiger partial charge is 0.501 e. The van der Waals surface area contributed by atoms with Gasteiger partial charge in [-0.1, -0.05) is 12.1 Å². The Bertz CT molecular complexity index is 1140. The lowest BCUT2D eigenvalue weighted by Gasteiger charge is -2.38. The lowest BCUT2D eigenvalue weighted by molar-refractivity contribution is 0.00131. The van der Waals surface area contributed by atoms with Crippen LogP contribution in [0.15, 0.2) is 29.1 Å². The second kappa shape index (κ2) is 10.2. The van der Waals surface area contributed by atoms with E-state index in [1.807, 2.05) is 0 Å². The second-order valence-electron chi connectivity index (χ2n) is 10.0. The summed E-state index contributed by atoms with van der Waals surface area (Å²) in [6.07, 6.45) is 0.764. The third-order valence-corrected chi connectivity index (χ3v) is 6.31. The number of aryl methyl sites for hydroxylation is 1. The number of nitrogens with zero attached hydrogens (tertiary/aromatic N) is 2. The molecule has 2 aromatic rings. The molecule has 2 atom stereocenters. The van der Waals surface area contributed by atoms with E-state index in [0.29, 0.717) is 18.4 Å². The maximum Gasteiger partial charge on any atom is 0.410 e. The van der Waals surface area contributed by atoms with E-state index in [1.54, 1.807) is 32.9 Å². The van der Waals surface area contributed by atoms with E-state index in [0.717, 1.165) is 0 Å². The minimum atomic E-state index is -1.14. The van der Waals surface area contributed by atoms with Crippen LogP contribution in [0.2, 0.25) is 0 Å². The van der Waals surface area contributed by atoms with Gasteiger partial charge in [0, 0.05) is 20.1 Å². The molecule has 190 valence electrons. The van der Waals surface area contributed by atoms with Crippen molar-refractivity contribution in [3.05, 3.63) is 57.5 Å². The van der Waals surface area contributed by atoms with Crippen LogP contribution in [0.1, 0.15) is 68.3 Å². The highest BCUT2D eigenvalue weighted by molar-refractivity contribution is 5.96. The van der Waals surface area contributed by atoms with Crippen LogP contribution in [-0.4, -0.2) is 56.2 Å². The molecule has 1 heterocycles. The molecule has 0 aliphatic heterocycles. The molecule has 10 heteroatoms. The Hall–Kier alpha value is -3.27. The first kappa shape index (κ1) is 26.3. The highest BCUT2D eigenvalue weighted by Crippen LogP contribution is 2.45. The average Bonchev–Trinajstić information content (AvgIpc) is 3.24. The lowest BCUT2D eigenvalue weighted by Crippen LogP contribution is -2.49. The Morgan fingerprint density at radius 2 is 1.94 bits per heavy atom. The molecule has 35 heavy (non-hydrogen) atoms. The minimum Gasteiger partial charge on any atom is -0.501 e. The molecule has 1 aliphatic rings. The molecule has 1 fully saturated rings. The molecule has 2 unspecified atom stereocenters. The smallest absolute Gasteiger partial charge is 0.410 e. The maximum atomic E-state index is 13.1. The van der Waals surface area contributed by atoms with Gasteiger partial charge in [0.25, 0.3) is 5.56 Å². The van der Waals surface area contributed by atoms with E-state index in [4.69, 9.17) is 4.74 Å². The van der Waals surface area contributed by atoms with Crippen molar-refractivity contribution >= 4 is 11.9 Å². The number of nitrogens with one attached hydrogen (secondary N) is 1. The van der Waals surface area contributed by atoms with Gasteiger partial charge in [-0.25, -0.2) is 14.2 Å². The summed E-state index contributed by atoms with van der Waals surface area (Å²) in [6.45, 7) is 5.08. The number of aromatic nitrogens is 2. The van der Waals surface area contributed by atoms with Gasteiger partial charge in [-0.2, -0.15) is 0 Å². The number of halogens is 1. The van der Waals surface area contributed by atoms with Crippen LogP contribution in [0.4, 0.5) is 9.18 Å². The van der Waals surface area contributed by atoms with Gasteiger partial charge in [0.05, 0.1) is 0 Å². The SMILES string of the molecule is CN(C(=O)OC(C)(C)C)C1(c2nc(C(=O)CCc3ccc(F)cc3)c(O)c(=O)[nH]2)CCC(CO)C1. The van der Waals surface area contributed by atoms with E-state index in [9.17, 15) is 29.0 Å². The van der Waals surface area contributed by atoms with Crippen molar-refractivity contribution in [1.29, 1.82) is 0 Å². The number of aliphatic hydroxyl groups excluding tert-OH is 1. The van der Waals surface area contributed by atoms with Crippen LogP contribution in [0.5, 0.6) is 5.75 Å². The summed E-state index contributed by atoms with van der Waals surface area (Å²) >= 11 is 0. The number of hydrogen-bond acceptors (Lipinski definition) is 7. The number of aromatic hydroxyl groups is 1. The monoisotopic (exact) mass is 489 g/mol. The number of ketones is 1. The number of aromatic amines is 1. The summed E-state index contributed by atoms with van der Waals surface area (Å²) in [5.74, 6) is -1.86. The van der Waals surface area contributed by atoms with Gasteiger partial charge in [0.2, 0.25) is 5.75 Å².